The van der Waals surface area contributed by atoms with Gasteiger partial charge in [0.25, 0.3) is 5.56 Å². The fourth-order valence-corrected chi connectivity index (χ4v) is 3.88. The van der Waals surface area contributed by atoms with Gasteiger partial charge in [-0.3, -0.25) is 14.2 Å². The van der Waals surface area contributed by atoms with Crippen molar-refractivity contribution >= 4 is 22.8 Å². The van der Waals surface area contributed by atoms with E-state index in [4.69, 9.17) is 0 Å². The molecule has 1 aliphatic heterocycles. The molecule has 29 heavy (non-hydrogen) atoms. The Kier molecular flexibility index (Phi) is 4.73. The zero-order chi connectivity index (χ0) is 20.7. The van der Waals surface area contributed by atoms with Crippen LogP contribution in [0.2, 0.25) is 0 Å². The summed E-state index contributed by atoms with van der Waals surface area (Å²) in [5.41, 5.74) is 3.01. The van der Waals surface area contributed by atoms with E-state index in [0.717, 1.165) is 29.5 Å². The van der Waals surface area contributed by atoms with Crippen molar-refractivity contribution in [1.29, 1.82) is 0 Å². The smallest absolute Gasteiger partial charge is 0.332 e. The highest BCUT2D eigenvalue weighted by atomic mass is 16.2. The van der Waals surface area contributed by atoms with Crippen molar-refractivity contribution in [1.82, 2.24) is 24.0 Å². The van der Waals surface area contributed by atoms with E-state index in [1.54, 1.807) is 11.6 Å². The maximum Gasteiger partial charge on any atom is 0.332 e. The second-order valence-corrected chi connectivity index (χ2v) is 7.53. The van der Waals surface area contributed by atoms with Crippen LogP contribution in [-0.4, -0.2) is 38.2 Å². The van der Waals surface area contributed by atoms with Crippen LogP contribution in [0.15, 0.2) is 34.1 Å². The number of amides is 1. The molecule has 0 bridgehead atoms. The Hall–Kier alpha value is -3.36. The molecule has 0 saturated carbocycles. The van der Waals surface area contributed by atoms with Gasteiger partial charge in [-0.05, 0) is 30.0 Å². The van der Waals surface area contributed by atoms with Crippen LogP contribution in [0, 0.1) is 0 Å². The van der Waals surface area contributed by atoms with Crippen molar-refractivity contribution in [2.24, 2.45) is 14.1 Å². The Bertz CT molecular complexity index is 1220. The van der Waals surface area contributed by atoms with E-state index < -0.39 is 11.2 Å². The molecule has 0 aliphatic carbocycles. The number of carbonyl (C=O) groups is 1. The van der Waals surface area contributed by atoms with Crippen molar-refractivity contribution in [3.8, 4) is 0 Å². The van der Waals surface area contributed by atoms with E-state index in [2.05, 4.69) is 34.4 Å². The maximum absolute atomic E-state index is 12.7. The number of aromatic nitrogens is 4. The van der Waals surface area contributed by atoms with Crippen LogP contribution in [0.4, 0.5) is 5.69 Å². The molecule has 0 radical (unpaired) electrons. The first-order valence-electron chi connectivity index (χ1n) is 9.57. The number of anilines is 1. The van der Waals surface area contributed by atoms with Crippen LogP contribution in [0.25, 0.3) is 11.2 Å². The van der Waals surface area contributed by atoms with Crippen LogP contribution in [-0.2, 0) is 38.4 Å². The second kappa shape index (κ2) is 7.23. The van der Waals surface area contributed by atoms with E-state index in [1.165, 1.54) is 29.2 Å². The summed E-state index contributed by atoms with van der Waals surface area (Å²) in [7, 11) is 5.30. The monoisotopic (exact) mass is 396 g/mol. The summed E-state index contributed by atoms with van der Waals surface area (Å²) in [6.07, 6.45) is 3.61. The average Bonchev–Trinajstić information content (AvgIpc) is 3.10. The number of aryl methyl sites for hydroxylation is 3. The number of nitrogens with zero attached hydrogens (tertiary/aromatic N) is 5. The summed E-state index contributed by atoms with van der Waals surface area (Å²) < 4.78 is 3.78. The van der Waals surface area contributed by atoms with Crippen molar-refractivity contribution in [2.75, 3.05) is 18.5 Å². The zero-order valence-corrected chi connectivity index (χ0v) is 16.8. The molecule has 0 atom stereocenters. The van der Waals surface area contributed by atoms with E-state index >= 15 is 0 Å². The lowest BCUT2D eigenvalue weighted by atomic mass is 9.99. The lowest BCUT2D eigenvalue weighted by Crippen LogP contribution is -2.43. The Morgan fingerprint density at radius 3 is 2.79 bits per heavy atom. The minimum Gasteiger partial charge on any atom is -0.374 e. The number of rotatable bonds is 4. The van der Waals surface area contributed by atoms with Gasteiger partial charge in [0, 0.05) is 39.9 Å². The number of imidazole rings is 1. The Balaban J connectivity index is 1.52. The highest BCUT2D eigenvalue weighted by Crippen LogP contribution is 2.26. The molecule has 0 saturated heterocycles. The first-order chi connectivity index (χ1) is 13.9. The first kappa shape index (κ1) is 19.0. The third kappa shape index (κ3) is 3.32. The lowest BCUT2D eigenvalue weighted by molar-refractivity contribution is -0.121. The van der Waals surface area contributed by atoms with Crippen molar-refractivity contribution in [2.45, 2.75) is 25.9 Å². The Morgan fingerprint density at radius 1 is 1.21 bits per heavy atom. The molecule has 1 N–H and O–H groups in total. The normalized spacial score (nSPS) is 13.6. The molecule has 9 nitrogen and oxygen atoms in total. The van der Waals surface area contributed by atoms with Crippen LogP contribution in [0.1, 0.15) is 17.5 Å². The number of benzene rings is 1. The molecule has 1 aliphatic rings. The first-order valence-corrected chi connectivity index (χ1v) is 9.57. The van der Waals surface area contributed by atoms with Crippen molar-refractivity contribution in [3.05, 3.63) is 56.5 Å². The van der Waals surface area contributed by atoms with Gasteiger partial charge in [-0.2, -0.15) is 0 Å². The number of nitrogens with one attached hydrogen (secondary N) is 1. The zero-order valence-electron chi connectivity index (χ0n) is 16.8. The average molecular weight is 396 g/mol. The number of hydrogen-bond acceptors (Lipinski definition) is 5. The molecule has 4 rings (SSSR count). The minimum absolute atomic E-state index is 0.290. The molecule has 2 aromatic heterocycles. The highest BCUT2D eigenvalue weighted by Gasteiger charge is 2.17. The van der Waals surface area contributed by atoms with E-state index in [1.807, 2.05) is 6.07 Å². The van der Waals surface area contributed by atoms with Gasteiger partial charge in [-0.1, -0.05) is 12.1 Å². The quantitative estimate of drug-likeness (QED) is 0.677. The molecular formula is C20H24N6O3. The van der Waals surface area contributed by atoms with Crippen molar-refractivity contribution < 1.29 is 4.79 Å². The molecule has 0 unspecified atom stereocenters. The Labute approximate surface area is 167 Å². The molecule has 9 heteroatoms. The van der Waals surface area contributed by atoms with Gasteiger partial charge >= 0.3 is 5.69 Å². The van der Waals surface area contributed by atoms with Gasteiger partial charge in [0.1, 0.15) is 6.54 Å². The largest absolute Gasteiger partial charge is 0.374 e. The fraction of sp³-hybridized carbons (Fsp3) is 0.400. The Morgan fingerprint density at radius 2 is 2.00 bits per heavy atom. The SMILES string of the molecule is CN1CCCc2cc(CNC(=O)Cn3c(=O)c4c(ncn4C)n(C)c3=O)ccc21. The third-order valence-electron chi connectivity index (χ3n) is 5.49. The van der Waals surface area contributed by atoms with Crippen LogP contribution in [0.3, 0.4) is 0 Å². The van der Waals surface area contributed by atoms with E-state index in [0.29, 0.717) is 17.7 Å². The molecule has 3 heterocycles. The van der Waals surface area contributed by atoms with E-state index in [-0.39, 0.29) is 12.5 Å². The molecule has 1 aromatic carbocycles. The predicted octanol–water partition coefficient (Wildman–Crippen LogP) is 0.133. The van der Waals surface area contributed by atoms with Gasteiger partial charge in [0.15, 0.2) is 11.2 Å². The topological polar surface area (TPSA) is 94.2 Å². The summed E-state index contributed by atoms with van der Waals surface area (Å²) in [5.74, 6) is -0.388. The van der Waals surface area contributed by atoms with Gasteiger partial charge in [0.05, 0.1) is 6.33 Å². The standard InChI is InChI=1S/C20H24N6O3/c1-23-8-4-5-14-9-13(6-7-15(14)23)10-21-16(27)11-26-19(28)17-18(22-12-24(17)2)25(3)20(26)29/h6-7,9,12H,4-5,8,10-11H2,1-3H3,(H,21,27). The molecule has 152 valence electrons. The summed E-state index contributed by atoms with van der Waals surface area (Å²) in [6, 6.07) is 6.18. The van der Waals surface area contributed by atoms with Gasteiger partial charge in [-0.25, -0.2) is 14.3 Å². The molecule has 1 amide bonds. The highest BCUT2D eigenvalue weighted by molar-refractivity contribution is 5.76. The summed E-state index contributed by atoms with van der Waals surface area (Å²) in [6.45, 7) is 1.06. The lowest BCUT2D eigenvalue weighted by Gasteiger charge is -2.27. The maximum atomic E-state index is 12.7. The van der Waals surface area contributed by atoms with Crippen LogP contribution in [0.5, 0.6) is 0 Å². The minimum atomic E-state index is -0.562. The molecular weight excluding hydrogens is 372 g/mol. The number of fused-ring (bicyclic) bond motifs is 2. The predicted molar refractivity (Wildman–Crippen MR) is 110 cm³/mol. The van der Waals surface area contributed by atoms with Crippen LogP contribution < -0.4 is 21.5 Å². The van der Waals surface area contributed by atoms with Crippen molar-refractivity contribution in [3.63, 3.8) is 0 Å². The van der Waals surface area contributed by atoms with Gasteiger partial charge in [0.2, 0.25) is 5.91 Å². The summed E-state index contributed by atoms with van der Waals surface area (Å²) in [5, 5.41) is 2.81. The summed E-state index contributed by atoms with van der Waals surface area (Å²) in [4.78, 5) is 44.0. The number of carbonyl (C=O) groups excluding carboxylic acids is 1. The van der Waals surface area contributed by atoms with Gasteiger partial charge < -0.3 is 14.8 Å². The van der Waals surface area contributed by atoms with E-state index in [9.17, 15) is 14.4 Å². The van der Waals surface area contributed by atoms with Gasteiger partial charge in [-0.15, -0.1) is 0 Å². The molecule has 0 fully saturated rings. The summed E-state index contributed by atoms with van der Waals surface area (Å²) >= 11 is 0. The number of hydrogen-bond donors (Lipinski definition) is 1. The molecule has 3 aromatic rings. The third-order valence-corrected chi connectivity index (χ3v) is 5.49. The fourth-order valence-electron chi connectivity index (χ4n) is 3.88. The molecule has 0 spiro atoms. The van der Waals surface area contributed by atoms with Crippen LogP contribution >= 0.6 is 0 Å². The second-order valence-electron chi connectivity index (χ2n) is 7.53.